The van der Waals surface area contributed by atoms with Crippen molar-refractivity contribution in [1.29, 1.82) is 0 Å². The summed E-state index contributed by atoms with van der Waals surface area (Å²) < 4.78 is 5.54. The van der Waals surface area contributed by atoms with E-state index in [1.165, 1.54) is 0 Å². The molecule has 30 heavy (non-hydrogen) atoms. The molecule has 7 nitrogen and oxygen atoms in total. The van der Waals surface area contributed by atoms with E-state index in [2.05, 4.69) is 20.9 Å². The third kappa shape index (κ3) is 5.36. The van der Waals surface area contributed by atoms with E-state index in [1.807, 2.05) is 32.0 Å². The van der Waals surface area contributed by atoms with Crippen molar-refractivity contribution >= 4 is 17.7 Å². The number of pyridine rings is 1. The highest BCUT2D eigenvalue weighted by atomic mass is 16.5. The molecule has 0 N–H and O–H groups in total. The fourth-order valence-corrected chi connectivity index (χ4v) is 3.36. The third-order valence-corrected chi connectivity index (χ3v) is 5.09. The molecule has 1 aliphatic heterocycles. The second kappa shape index (κ2) is 9.71. The lowest BCUT2D eigenvalue weighted by Crippen LogP contribution is -2.46. The van der Waals surface area contributed by atoms with Gasteiger partial charge in [-0.2, -0.15) is 0 Å². The largest absolute Gasteiger partial charge is 0.422 e. The number of carbonyl (C=O) groups is 2. The lowest BCUT2D eigenvalue weighted by atomic mass is 10.1. The van der Waals surface area contributed by atoms with Crippen LogP contribution >= 0.6 is 0 Å². The highest BCUT2D eigenvalue weighted by Gasteiger charge is 2.22. The monoisotopic (exact) mass is 410 g/mol. The SMILES string of the molecule is CC(C)C(=O)Oc1cccnc1N1CCN(Cc2cccc(C(=O)N(C)C)c2)CC1. The summed E-state index contributed by atoms with van der Waals surface area (Å²) in [6.45, 7) is 7.73. The molecule has 160 valence electrons. The highest BCUT2D eigenvalue weighted by Crippen LogP contribution is 2.27. The van der Waals surface area contributed by atoms with Gasteiger partial charge in [0.15, 0.2) is 11.6 Å². The van der Waals surface area contributed by atoms with Gasteiger partial charge in [0, 0.05) is 58.6 Å². The summed E-state index contributed by atoms with van der Waals surface area (Å²) >= 11 is 0. The molecule has 1 fully saturated rings. The second-order valence-electron chi connectivity index (χ2n) is 8.06. The zero-order valence-corrected chi connectivity index (χ0v) is 18.2. The molecule has 1 aromatic carbocycles. The number of anilines is 1. The third-order valence-electron chi connectivity index (χ3n) is 5.09. The first kappa shape index (κ1) is 21.8. The first-order chi connectivity index (χ1) is 14.3. The zero-order valence-electron chi connectivity index (χ0n) is 18.2. The molecule has 2 heterocycles. The van der Waals surface area contributed by atoms with Crippen LogP contribution in [0.25, 0.3) is 0 Å². The minimum atomic E-state index is -0.255. The molecule has 1 saturated heterocycles. The Morgan fingerprint density at radius 1 is 1.10 bits per heavy atom. The van der Waals surface area contributed by atoms with Crippen molar-refractivity contribution in [3.63, 3.8) is 0 Å². The summed E-state index contributed by atoms with van der Waals surface area (Å²) in [7, 11) is 3.52. The number of benzene rings is 1. The molecule has 0 bridgehead atoms. The average Bonchev–Trinajstić information content (AvgIpc) is 2.74. The zero-order chi connectivity index (χ0) is 21.7. The Balaban J connectivity index is 1.62. The van der Waals surface area contributed by atoms with Gasteiger partial charge in [-0.1, -0.05) is 26.0 Å². The minimum absolute atomic E-state index is 0.0142. The smallest absolute Gasteiger partial charge is 0.313 e. The van der Waals surface area contributed by atoms with Gasteiger partial charge >= 0.3 is 5.97 Å². The summed E-state index contributed by atoms with van der Waals surface area (Å²) in [5, 5.41) is 0. The van der Waals surface area contributed by atoms with Gasteiger partial charge in [-0.3, -0.25) is 14.5 Å². The molecular weight excluding hydrogens is 380 g/mol. The number of ether oxygens (including phenoxy) is 1. The van der Waals surface area contributed by atoms with Crippen molar-refractivity contribution < 1.29 is 14.3 Å². The Morgan fingerprint density at radius 2 is 1.83 bits per heavy atom. The summed E-state index contributed by atoms with van der Waals surface area (Å²) in [6.07, 6.45) is 1.72. The Hall–Kier alpha value is -2.93. The van der Waals surface area contributed by atoms with Crippen LogP contribution in [-0.2, 0) is 11.3 Å². The van der Waals surface area contributed by atoms with Crippen LogP contribution in [0.15, 0.2) is 42.6 Å². The van der Waals surface area contributed by atoms with E-state index in [0.29, 0.717) is 17.1 Å². The molecule has 0 saturated carbocycles. The number of aromatic nitrogens is 1. The minimum Gasteiger partial charge on any atom is -0.422 e. The van der Waals surface area contributed by atoms with Crippen molar-refractivity contribution in [1.82, 2.24) is 14.8 Å². The van der Waals surface area contributed by atoms with Crippen LogP contribution in [0.3, 0.4) is 0 Å². The molecule has 1 aliphatic rings. The van der Waals surface area contributed by atoms with Gasteiger partial charge in [0.25, 0.3) is 5.91 Å². The summed E-state index contributed by atoms with van der Waals surface area (Å²) in [4.78, 5) is 34.8. The van der Waals surface area contributed by atoms with Crippen LogP contribution < -0.4 is 9.64 Å². The molecule has 1 aromatic heterocycles. The standard InChI is InChI=1S/C23H30N4O3/c1-17(2)23(29)30-20-9-6-10-24-21(20)27-13-11-26(12-14-27)16-18-7-5-8-19(15-18)22(28)25(3)4/h5-10,15,17H,11-14,16H2,1-4H3. The van der Waals surface area contributed by atoms with E-state index in [1.54, 1.807) is 37.3 Å². The first-order valence-electron chi connectivity index (χ1n) is 10.3. The predicted molar refractivity (Wildman–Crippen MR) is 117 cm³/mol. The van der Waals surface area contributed by atoms with Gasteiger partial charge in [0.05, 0.1) is 5.92 Å². The van der Waals surface area contributed by atoms with Crippen molar-refractivity contribution in [2.24, 2.45) is 5.92 Å². The van der Waals surface area contributed by atoms with E-state index < -0.39 is 0 Å². The van der Waals surface area contributed by atoms with Crippen LogP contribution in [-0.4, -0.2) is 66.9 Å². The highest BCUT2D eigenvalue weighted by molar-refractivity contribution is 5.94. The molecule has 3 rings (SSSR count). The van der Waals surface area contributed by atoms with E-state index in [-0.39, 0.29) is 17.8 Å². The van der Waals surface area contributed by atoms with Gasteiger partial charge in [-0.15, -0.1) is 0 Å². The number of nitrogens with zero attached hydrogens (tertiary/aromatic N) is 4. The summed E-state index contributed by atoms with van der Waals surface area (Å²) in [5.74, 6) is 0.796. The molecular formula is C23H30N4O3. The predicted octanol–water partition coefficient (Wildman–Crippen LogP) is 2.67. The normalized spacial score (nSPS) is 14.6. The maximum Gasteiger partial charge on any atom is 0.313 e. The molecule has 0 radical (unpaired) electrons. The van der Waals surface area contributed by atoms with Gasteiger partial charge in [-0.05, 0) is 29.8 Å². The van der Waals surface area contributed by atoms with Crippen molar-refractivity contribution in [2.75, 3.05) is 45.2 Å². The van der Waals surface area contributed by atoms with Gasteiger partial charge in [0.2, 0.25) is 0 Å². The quantitative estimate of drug-likeness (QED) is 0.682. The maximum absolute atomic E-state index is 12.2. The van der Waals surface area contributed by atoms with Crippen LogP contribution in [0.2, 0.25) is 0 Å². The van der Waals surface area contributed by atoms with Crippen LogP contribution in [0, 0.1) is 5.92 Å². The molecule has 7 heteroatoms. The Kier molecular flexibility index (Phi) is 7.05. The van der Waals surface area contributed by atoms with E-state index in [4.69, 9.17) is 4.74 Å². The second-order valence-corrected chi connectivity index (χ2v) is 8.06. The van der Waals surface area contributed by atoms with Crippen LogP contribution in [0.4, 0.5) is 5.82 Å². The van der Waals surface area contributed by atoms with Crippen molar-refractivity contribution in [3.05, 3.63) is 53.7 Å². The number of amides is 1. The Labute approximate surface area is 178 Å². The number of hydrogen-bond acceptors (Lipinski definition) is 6. The topological polar surface area (TPSA) is 66.0 Å². The Bertz CT molecular complexity index is 890. The van der Waals surface area contributed by atoms with E-state index in [9.17, 15) is 9.59 Å². The molecule has 1 amide bonds. The fourth-order valence-electron chi connectivity index (χ4n) is 3.36. The first-order valence-corrected chi connectivity index (χ1v) is 10.3. The van der Waals surface area contributed by atoms with Crippen LogP contribution in [0.1, 0.15) is 29.8 Å². The summed E-state index contributed by atoms with van der Waals surface area (Å²) in [6, 6.07) is 11.4. The lowest BCUT2D eigenvalue weighted by Gasteiger charge is -2.36. The number of hydrogen-bond donors (Lipinski definition) is 0. The fraction of sp³-hybridized carbons (Fsp3) is 0.435. The van der Waals surface area contributed by atoms with Gasteiger partial charge in [0.1, 0.15) is 0 Å². The lowest BCUT2D eigenvalue weighted by molar-refractivity contribution is -0.137. The number of esters is 1. The Morgan fingerprint density at radius 3 is 2.50 bits per heavy atom. The number of piperazine rings is 1. The maximum atomic E-state index is 12.2. The summed E-state index contributed by atoms with van der Waals surface area (Å²) in [5.41, 5.74) is 1.83. The van der Waals surface area contributed by atoms with Crippen molar-refractivity contribution in [3.8, 4) is 5.75 Å². The molecule has 2 aromatic rings. The molecule has 0 spiro atoms. The molecule has 0 atom stereocenters. The van der Waals surface area contributed by atoms with Gasteiger partial charge in [-0.25, -0.2) is 4.98 Å². The number of rotatable bonds is 6. The number of carbonyl (C=O) groups excluding carboxylic acids is 2. The molecule has 0 unspecified atom stereocenters. The van der Waals surface area contributed by atoms with Crippen LogP contribution in [0.5, 0.6) is 5.75 Å². The van der Waals surface area contributed by atoms with Crippen molar-refractivity contribution in [2.45, 2.75) is 20.4 Å². The van der Waals surface area contributed by atoms with Gasteiger partial charge < -0.3 is 14.5 Å². The van der Waals surface area contributed by atoms with E-state index in [0.717, 1.165) is 38.3 Å². The molecule has 0 aliphatic carbocycles. The van der Waals surface area contributed by atoms with E-state index >= 15 is 0 Å². The average molecular weight is 411 g/mol.